The van der Waals surface area contributed by atoms with Crippen molar-refractivity contribution in [1.29, 1.82) is 0 Å². The van der Waals surface area contributed by atoms with Gasteiger partial charge in [-0.25, -0.2) is 4.79 Å². The second-order valence-electron chi connectivity index (χ2n) is 8.68. The fourth-order valence-electron chi connectivity index (χ4n) is 4.39. The lowest BCUT2D eigenvalue weighted by Gasteiger charge is -2.22. The van der Waals surface area contributed by atoms with Crippen LogP contribution in [0.5, 0.6) is 0 Å². The zero-order chi connectivity index (χ0) is 23.6. The van der Waals surface area contributed by atoms with Gasteiger partial charge < -0.3 is 15.5 Å². The van der Waals surface area contributed by atoms with Crippen LogP contribution in [0.25, 0.3) is 11.1 Å². The van der Waals surface area contributed by atoms with Gasteiger partial charge >= 0.3 is 11.9 Å². The summed E-state index contributed by atoms with van der Waals surface area (Å²) in [5.74, 6) is -2.91. The Balaban J connectivity index is 1.55. The van der Waals surface area contributed by atoms with Crippen molar-refractivity contribution in [3.63, 3.8) is 0 Å². The Morgan fingerprint density at radius 3 is 2.03 bits per heavy atom. The zero-order valence-electron chi connectivity index (χ0n) is 18.2. The molecule has 1 fully saturated rings. The number of hydrogen-bond acceptors (Lipinski definition) is 3. The quantitative estimate of drug-likeness (QED) is 0.463. The summed E-state index contributed by atoms with van der Waals surface area (Å²) in [6.07, 6.45) is 0.959. The van der Waals surface area contributed by atoms with Crippen LogP contribution in [-0.4, -0.2) is 33.6 Å². The van der Waals surface area contributed by atoms with Crippen LogP contribution in [0.4, 0.5) is 0 Å². The number of aromatic carboxylic acids is 1. The summed E-state index contributed by atoms with van der Waals surface area (Å²) in [7, 11) is 0. The number of benzene rings is 3. The highest BCUT2D eigenvalue weighted by Crippen LogP contribution is 2.55. The Labute approximate surface area is 191 Å². The molecule has 1 aliphatic carbocycles. The predicted molar refractivity (Wildman–Crippen MR) is 124 cm³/mol. The molecule has 1 amide bonds. The lowest BCUT2D eigenvalue weighted by Crippen LogP contribution is -2.40. The van der Waals surface area contributed by atoms with E-state index < -0.39 is 23.4 Å². The molecule has 0 saturated heterocycles. The number of carboxylic acid groups (broad SMARTS) is 2. The van der Waals surface area contributed by atoms with E-state index in [4.69, 9.17) is 5.11 Å². The van der Waals surface area contributed by atoms with Crippen molar-refractivity contribution in [1.82, 2.24) is 5.32 Å². The minimum absolute atomic E-state index is 0.00589. The molecule has 3 aromatic carbocycles. The van der Waals surface area contributed by atoms with Gasteiger partial charge in [-0.15, -0.1) is 0 Å². The summed E-state index contributed by atoms with van der Waals surface area (Å²) < 4.78 is 0. The van der Waals surface area contributed by atoms with Crippen LogP contribution in [-0.2, 0) is 4.79 Å². The fourth-order valence-corrected chi connectivity index (χ4v) is 4.39. The molecule has 0 radical (unpaired) electrons. The first-order chi connectivity index (χ1) is 15.8. The minimum Gasteiger partial charge on any atom is -0.481 e. The second kappa shape index (κ2) is 8.90. The van der Waals surface area contributed by atoms with Crippen molar-refractivity contribution in [2.24, 2.45) is 5.92 Å². The van der Waals surface area contributed by atoms with Crippen molar-refractivity contribution in [2.75, 3.05) is 0 Å². The molecule has 0 heterocycles. The molecule has 0 aromatic heterocycles. The van der Waals surface area contributed by atoms with Crippen molar-refractivity contribution < 1.29 is 24.6 Å². The molecule has 1 unspecified atom stereocenters. The second-order valence-corrected chi connectivity index (χ2v) is 8.68. The molecule has 0 spiro atoms. The molecule has 6 nitrogen and oxygen atoms in total. The van der Waals surface area contributed by atoms with E-state index in [2.05, 4.69) is 5.32 Å². The summed E-state index contributed by atoms with van der Waals surface area (Å²) in [4.78, 5) is 35.5. The highest BCUT2D eigenvalue weighted by atomic mass is 16.4. The van der Waals surface area contributed by atoms with Crippen LogP contribution in [0.1, 0.15) is 52.0 Å². The van der Waals surface area contributed by atoms with Gasteiger partial charge in [0.2, 0.25) is 0 Å². The monoisotopic (exact) mass is 443 g/mol. The van der Waals surface area contributed by atoms with Crippen LogP contribution < -0.4 is 5.32 Å². The number of rotatable bonds is 8. The van der Waals surface area contributed by atoms with Crippen LogP contribution >= 0.6 is 0 Å². The molecule has 6 heteroatoms. The molecule has 3 aromatic rings. The van der Waals surface area contributed by atoms with Gasteiger partial charge in [-0.3, -0.25) is 9.59 Å². The summed E-state index contributed by atoms with van der Waals surface area (Å²) in [6, 6.07) is 23.9. The first-order valence-corrected chi connectivity index (χ1v) is 10.8. The van der Waals surface area contributed by atoms with Gasteiger partial charge in [0, 0.05) is 17.0 Å². The van der Waals surface area contributed by atoms with Gasteiger partial charge in [0.25, 0.3) is 5.91 Å². The molecule has 4 rings (SSSR count). The number of carboxylic acids is 2. The predicted octanol–water partition coefficient (Wildman–Crippen LogP) is 4.82. The lowest BCUT2D eigenvalue weighted by molar-refractivity contribution is -0.141. The van der Waals surface area contributed by atoms with Gasteiger partial charge in [0.15, 0.2) is 0 Å². The number of hydrogen-bond donors (Lipinski definition) is 3. The largest absolute Gasteiger partial charge is 0.481 e. The molecular formula is C27H25NO5. The molecule has 1 saturated carbocycles. The van der Waals surface area contributed by atoms with Crippen molar-refractivity contribution in [2.45, 2.75) is 31.2 Å². The first kappa shape index (κ1) is 22.3. The van der Waals surface area contributed by atoms with Crippen LogP contribution in [0, 0.1) is 5.92 Å². The number of carbonyl (C=O) groups is 3. The average molecular weight is 443 g/mol. The van der Waals surface area contributed by atoms with Gasteiger partial charge in [-0.2, -0.15) is 0 Å². The number of carbonyl (C=O) groups excluding carboxylic acids is 1. The standard InChI is InChI=1S/C27H25NO5/c1-17(25(30)31)15-27(28-24(29)21-11-13-22(14-12-21)26(32)33)16-23(27)20-9-7-19(8-10-20)18-5-3-2-4-6-18/h2-14,17,23H,15-16H2,1H3,(H,28,29)(H,30,31)(H,32,33)/t17-,23+,27?/m1/s1. The van der Waals surface area contributed by atoms with Crippen LogP contribution in [0.2, 0.25) is 0 Å². The van der Waals surface area contributed by atoms with Crippen molar-refractivity contribution >= 4 is 17.8 Å². The van der Waals surface area contributed by atoms with E-state index >= 15 is 0 Å². The Bertz CT molecular complexity index is 1170. The van der Waals surface area contributed by atoms with E-state index in [1.807, 2.05) is 54.6 Å². The average Bonchev–Trinajstić information content (AvgIpc) is 3.52. The zero-order valence-corrected chi connectivity index (χ0v) is 18.2. The minimum atomic E-state index is -1.06. The number of aliphatic carboxylic acids is 1. The Kier molecular flexibility index (Phi) is 6.01. The van der Waals surface area contributed by atoms with Gasteiger partial charge in [0.05, 0.1) is 11.5 Å². The maximum Gasteiger partial charge on any atom is 0.335 e. The number of nitrogens with one attached hydrogen (secondary N) is 1. The molecule has 1 aliphatic rings. The topological polar surface area (TPSA) is 104 Å². The lowest BCUT2D eigenvalue weighted by atomic mass is 9.94. The van der Waals surface area contributed by atoms with Gasteiger partial charge in [-0.05, 0) is 53.8 Å². The van der Waals surface area contributed by atoms with E-state index in [-0.39, 0.29) is 17.4 Å². The highest BCUT2D eigenvalue weighted by Gasteiger charge is 2.56. The Morgan fingerprint density at radius 1 is 0.879 bits per heavy atom. The summed E-state index contributed by atoms with van der Waals surface area (Å²) in [6.45, 7) is 1.64. The van der Waals surface area contributed by atoms with E-state index in [1.54, 1.807) is 6.92 Å². The van der Waals surface area contributed by atoms with Crippen LogP contribution in [0.15, 0.2) is 78.9 Å². The first-order valence-electron chi connectivity index (χ1n) is 10.8. The third-order valence-corrected chi connectivity index (χ3v) is 6.34. The van der Waals surface area contributed by atoms with Crippen LogP contribution in [0.3, 0.4) is 0 Å². The van der Waals surface area contributed by atoms with E-state index in [0.29, 0.717) is 18.4 Å². The Hall–Kier alpha value is -3.93. The number of amides is 1. The van der Waals surface area contributed by atoms with Crippen molar-refractivity contribution in [3.8, 4) is 11.1 Å². The maximum absolute atomic E-state index is 12.9. The van der Waals surface area contributed by atoms with E-state index in [9.17, 15) is 19.5 Å². The maximum atomic E-state index is 12.9. The van der Waals surface area contributed by atoms with E-state index in [1.165, 1.54) is 24.3 Å². The molecule has 168 valence electrons. The molecular weight excluding hydrogens is 418 g/mol. The third kappa shape index (κ3) is 4.80. The molecule has 3 atom stereocenters. The normalized spacial score (nSPS) is 20.0. The molecule has 33 heavy (non-hydrogen) atoms. The summed E-state index contributed by atoms with van der Waals surface area (Å²) >= 11 is 0. The summed E-state index contributed by atoms with van der Waals surface area (Å²) in [5, 5.41) is 21.6. The fraction of sp³-hybridized carbons (Fsp3) is 0.222. The SMILES string of the molecule is C[C@H](CC1(NC(=O)c2ccc(C(=O)O)cc2)C[C@H]1c1ccc(-c2ccccc2)cc1)C(=O)O. The third-order valence-electron chi connectivity index (χ3n) is 6.34. The smallest absolute Gasteiger partial charge is 0.335 e. The highest BCUT2D eigenvalue weighted by molar-refractivity contribution is 5.96. The Morgan fingerprint density at radius 2 is 1.45 bits per heavy atom. The van der Waals surface area contributed by atoms with Gasteiger partial charge in [0.1, 0.15) is 0 Å². The molecule has 3 N–H and O–H groups in total. The van der Waals surface area contributed by atoms with Gasteiger partial charge in [-0.1, -0.05) is 61.5 Å². The van der Waals surface area contributed by atoms with E-state index in [0.717, 1.165) is 16.7 Å². The molecule has 0 bridgehead atoms. The molecule has 0 aliphatic heterocycles. The summed E-state index contributed by atoms with van der Waals surface area (Å²) in [5.41, 5.74) is 3.04. The van der Waals surface area contributed by atoms with Crippen molar-refractivity contribution in [3.05, 3.63) is 95.6 Å².